The molecule has 1 aromatic carbocycles. The van der Waals surface area contributed by atoms with Crippen LogP contribution in [0.2, 0.25) is 5.02 Å². The standard InChI is InChI=1S/C15H14ClFN2O2/c1-8(2)12-6-9(15(20)21)7-13(19-12)18-11-5-3-4-10(16)14(11)17/h3-8H,1-2H3,(H,18,19)(H,20,21). The second kappa shape index (κ2) is 6.10. The topological polar surface area (TPSA) is 62.2 Å². The quantitative estimate of drug-likeness (QED) is 0.876. The van der Waals surface area contributed by atoms with Crippen molar-refractivity contribution < 1.29 is 14.3 Å². The minimum Gasteiger partial charge on any atom is -0.478 e. The molecule has 0 amide bonds. The summed E-state index contributed by atoms with van der Waals surface area (Å²) < 4.78 is 13.9. The molecule has 2 N–H and O–H groups in total. The van der Waals surface area contributed by atoms with Crippen LogP contribution in [-0.4, -0.2) is 16.1 Å². The molecule has 0 radical (unpaired) electrons. The van der Waals surface area contributed by atoms with Crippen molar-refractivity contribution in [3.63, 3.8) is 0 Å². The van der Waals surface area contributed by atoms with Gasteiger partial charge in [0.25, 0.3) is 0 Å². The Morgan fingerprint density at radius 3 is 2.71 bits per heavy atom. The van der Waals surface area contributed by atoms with Gasteiger partial charge < -0.3 is 10.4 Å². The fraction of sp³-hybridized carbons (Fsp3) is 0.200. The monoisotopic (exact) mass is 308 g/mol. The van der Waals surface area contributed by atoms with Gasteiger partial charge in [0.15, 0.2) is 5.82 Å². The summed E-state index contributed by atoms with van der Waals surface area (Å²) in [6, 6.07) is 7.40. The number of rotatable bonds is 4. The van der Waals surface area contributed by atoms with E-state index in [4.69, 9.17) is 16.7 Å². The molecule has 21 heavy (non-hydrogen) atoms. The lowest BCUT2D eigenvalue weighted by Gasteiger charge is -2.12. The van der Waals surface area contributed by atoms with E-state index in [9.17, 15) is 9.18 Å². The number of nitrogens with zero attached hydrogens (tertiary/aromatic N) is 1. The van der Waals surface area contributed by atoms with Crippen molar-refractivity contribution >= 4 is 29.1 Å². The molecule has 2 aromatic rings. The maximum atomic E-state index is 13.9. The number of hydrogen-bond donors (Lipinski definition) is 2. The van der Waals surface area contributed by atoms with E-state index in [0.29, 0.717) is 5.69 Å². The van der Waals surface area contributed by atoms with Crippen molar-refractivity contribution in [2.24, 2.45) is 0 Å². The van der Waals surface area contributed by atoms with Crippen molar-refractivity contribution in [3.8, 4) is 0 Å². The predicted molar refractivity (Wildman–Crippen MR) is 80.0 cm³/mol. The van der Waals surface area contributed by atoms with Crippen LogP contribution in [0.15, 0.2) is 30.3 Å². The molecule has 0 saturated heterocycles. The summed E-state index contributed by atoms with van der Waals surface area (Å²) in [5.74, 6) is -1.35. The first-order chi connectivity index (χ1) is 9.88. The highest BCUT2D eigenvalue weighted by Crippen LogP contribution is 2.26. The lowest BCUT2D eigenvalue weighted by atomic mass is 10.1. The summed E-state index contributed by atoms with van der Waals surface area (Å²) in [5, 5.41) is 11.9. The molecule has 110 valence electrons. The Hall–Kier alpha value is -2.14. The van der Waals surface area contributed by atoms with E-state index in [-0.39, 0.29) is 28.0 Å². The molecule has 0 saturated carbocycles. The molecular formula is C15H14ClFN2O2. The molecule has 4 nitrogen and oxygen atoms in total. The molecule has 0 aliphatic rings. The van der Waals surface area contributed by atoms with Gasteiger partial charge in [-0.2, -0.15) is 0 Å². The molecular weight excluding hydrogens is 295 g/mol. The number of nitrogens with one attached hydrogen (secondary N) is 1. The van der Waals surface area contributed by atoms with Gasteiger partial charge >= 0.3 is 5.97 Å². The molecule has 1 aromatic heterocycles. The van der Waals surface area contributed by atoms with E-state index in [2.05, 4.69) is 10.3 Å². The zero-order chi connectivity index (χ0) is 15.6. The van der Waals surface area contributed by atoms with Gasteiger partial charge in [-0.15, -0.1) is 0 Å². The van der Waals surface area contributed by atoms with Gasteiger partial charge in [-0.05, 0) is 30.2 Å². The van der Waals surface area contributed by atoms with E-state index < -0.39 is 11.8 Å². The van der Waals surface area contributed by atoms with Gasteiger partial charge in [-0.3, -0.25) is 0 Å². The second-order valence-corrected chi connectivity index (χ2v) is 5.26. The summed E-state index contributed by atoms with van der Waals surface area (Å²) in [5.41, 5.74) is 0.853. The van der Waals surface area contributed by atoms with Crippen LogP contribution in [0.5, 0.6) is 0 Å². The fourth-order valence-corrected chi connectivity index (χ4v) is 1.95. The maximum Gasteiger partial charge on any atom is 0.335 e. The van der Waals surface area contributed by atoms with Gasteiger partial charge in [0.1, 0.15) is 5.82 Å². The van der Waals surface area contributed by atoms with Crippen molar-refractivity contribution in [3.05, 3.63) is 52.4 Å². The summed E-state index contributed by atoms with van der Waals surface area (Å²) in [6.07, 6.45) is 0. The van der Waals surface area contributed by atoms with Crippen LogP contribution in [0.4, 0.5) is 15.9 Å². The number of pyridine rings is 1. The summed E-state index contributed by atoms with van der Waals surface area (Å²) >= 11 is 5.71. The van der Waals surface area contributed by atoms with Gasteiger partial charge in [-0.25, -0.2) is 14.2 Å². The molecule has 0 aliphatic carbocycles. The fourth-order valence-electron chi connectivity index (χ4n) is 1.77. The highest BCUT2D eigenvalue weighted by molar-refractivity contribution is 6.31. The number of aromatic nitrogens is 1. The van der Waals surface area contributed by atoms with Crippen LogP contribution in [0, 0.1) is 5.82 Å². The smallest absolute Gasteiger partial charge is 0.335 e. The minimum absolute atomic E-state index is 0.0153. The van der Waals surface area contributed by atoms with Crippen LogP contribution >= 0.6 is 11.6 Å². The molecule has 0 spiro atoms. The summed E-state index contributed by atoms with van der Waals surface area (Å²) in [7, 11) is 0. The minimum atomic E-state index is -1.06. The van der Waals surface area contributed by atoms with E-state index in [0.717, 1.165) is 0 Å². The number of benzene rings is 1. The van der Waals surface area contributed by atoms with Crippen LogP contribution in [-0.2, 0) is 0 Å². The Balaban J connectivity index is 2.43. The number of carboxylic acids is 1. The Kier molecular flexibility index (Phi) is 4.43. The van der Waals surface area contributed by atoms with Crippen molar-refractivity contribution in [2.75, 3.05) is 5.32 Å². The average Bonchev–Trinajstić information content (AvgIpc) is 2.43. The number of carboxylic acid groups (broad SMARTS) is 1. The SMILES string of the molecule is CC(C)c1cc(C(=O)O)cc(Nc2cccc(Cl)c2F)n1. The highest BCUT2D eigenvalue weighted by Gasteiger charge is 2.13. The molecule has 0 fully saturated rings. The van der Waals surface area contributed by atoms with Crippen molar-refractivity contribution in [1.29, 1.82) is 0 Å². The number of hydrogen-bond acceptors (Lipinski definition) is 3. The molecule has 0 bridgehead atoms. The maximum absolute atomic E-state index is 13.9. The average molecular weight is 309 g/mol. The third-order valence-corrected chi connectivity index (χ3v) is 3.19. The Morgan fingerprint density at radius 1 is 1.38 bits per heavy atom. The van der Waals surface area contributed by atoms with Crippen molar-refractivity contribution in [2.45, 2.75) is 19.8 Å². The van der Waals surface area contributed by atoms with Crippen LogP contribution in [0.3, 0.4) is 0 Å². The lowest BCUT2D eigenvalue weighted by molar-refractivity contribution is 0.0696. The Labute approximate surface area is 126 Å². The molecule has 6 heteroatoms. The molecule has 0 unspecified atom stereocenters. The van der Waals surface area contributed by atoms with Gasteiger partial charge in [0, 0.05) is 5.69 Å². The molecule has 0 aliphatic heterocycles. The lowest BCUT2D eigenvalue weighted by Crippen LogP contribution is -2.05. The van der Waals surface area contributed by atoms with E-state index in [1.54, 1.807) is 6.07 Å². The van der Waals surface area contributed by atoms with Crippen LogP contribution in [0.25, 0.3) is 0 Å². The first-order valence-electron chi connectivity index (χ1n) is 6.35. The Bertz CT molecular complexity index is 689. The zero-order valence-corrected chi connectivity index (χ0v) is 12.3. The van der Waals surface area contributed by atoms with E-state index in [1.165, 1.54) is 24.3 Å². The number of aromatic carboxylic acids is 1. The van der Waals surface area contributed by atoms with Gasteiger partial charge in [0.05, 0.1) is 16.3 Å². The van der Waals surface area contributed by atoms with Gasteiger partial charge in [0.2, 0.25) is 0 Å². The number of anilines is 2. The van der Waals surface area contributed by atoms with Crippen LogP contribution in [0.1, 0.15) is 35.8 Å². The summed E-state index contributed by atoms with van der Waals surface area (Å²) in [4.78, 5) is 15.4. The Morgan fingerprint density at radius 2 is 2.10 bits per heavy atom. The van der Waals surface area contributed by atoms with Crippen molar-refractivity contribution in [1.82, 2.24) is 4.98 Å². The predicted octanol–water partition coefficient (Wildman–Crippen LogP) is 4.44. The first-order valence-corrected chi connectivity index (χ1v) is 6.72. The molecule has 1 heterocycles. The molecule has 0 atom stereocenters. The highest BCUT2D eigenvalue weighted by atomic mass is 35.5. The van der Waals surface area contributed by atoms with Gasteiger partial charge in [-0.1, -0.05) is 31.5 Å². The van der Waals surface area contributed by atoms with E-state index in [1.807, 2.05) is 13.8 Å². The third-order valence-electron chi connectivity index (χ3n) is 2.90. The largest absolute Gasteiger partial charge is 0.478 e. The number of carbonyl (C=O) groups is 1. The third kappa shape index (κ3) is 3.49. The number of halogens is 2. The first kappa shape index (κ1) is 15.3. The van der Waals surface area contributed by atoms with E-state index >= 15 is 0 Å². The summed E-state index contributed by atoms with van der Waals surface area (Å²) in [6.45, 7) is 3.80. The zero-order valence-electron chi connectivity index (χ0n) is 11.5. The van der Waals surface area contributed by atoms with Crippen LogP contribution < -0.4 is 5.32 Å². The second-order valence-electron chi connectivity index (χ2n) is 4.85. The molecule has 2 rings (SSSR count). The normalized spacial score (nSPS) is 10.7.